The van der Waals surface area contributed by atoms with Gasteiger partial charge in [0.1, 0.15) is 5.75 Å². The quantitative estimate of drug-likeness (QED) is 0.780. The van der Waals surface area contributed by atoms with Crippen LogP contribution in [-0.4, -0.2) is 7.11 Å². The van der Waals surface area contributed by atoms with Crippen LogP contribution in [0, 0.1) is 17.2 Å². The minimum Gasteiger partial charge on any atom is -0.497 e. The fraction of sp³-hybridized carbons (Fsp3) is 0.267. The van der Waals surface area contributed by atoms with Crippen molar-refractivity contribution in [2.45, 2.75) is 12.3 Å². The molecular weight excluding hydrogens is 210 g/mol. The second kappa shape index (κ2) is 3.78. The first-order chi connectivity index (χ1) is 8.33. The molecular formula is C15H13NO. The molecule has 0 radical (unpaired) electrons. The summed E-state index contributed by atoms with van der Waals surface area (Å²) >= 11 is 0. The molecule has 0 bridgehead atoms. The third kappa shape index (κ3) is 1.64. The molecule has 2 aromatic rings. The lowest BCUT2D eigenvalue weighted by Gasteiger charge is -2.07. The molecule has 1 fully saturated rings. The van der Waals surface area contributed by atoms with E-state index in [0.717, 1.165) is 12.2 Å². The highest BCUT2D eigenvalue weighted by atomic mass is 16.5. The van der Waals surface area contributed by atoms with Crippen LogP contribution in [0.25, 0.3) is 10.8 Å². The molecule has 2 atom stereocenters. The van der Waals surface area contributed by atoms with Gasteiger partial charge in [-0.1, -0.05) is 24.3 Å². The van der Waals surface area contributed by atoms with E-state index in [1.54, 1.807) is 7.11 Å². The molecule has 0 aromatic heterocycles. The number of methoxy groups -OCH3 is 1. The summed E-state index contributed by atoms with van der Waals surface area (Å²) in [4.78, 5) is 0. The fourth-order valence-corrected chi connectivity index (χ4v) is 2.41. The van der Waals surface area contributed by atoms with Crippen LogP contribution in [0.1, 0.15) is 17.9 Å². The minimum absolute atomic E-state index is 0.201. The van der Waals surface area contributed by atoms with E-state index in [-0.39, 0.29) is 5.92 Å². The summed E-state index contributed by atoms with van der Waals surface area (Å²) in [6.07, 6.45) is 0.993. The second-order valence-corrected chi connectivity index (χ2v) is 4.51. The van der Waals surface area contributed by atoms with Gasteiger partial charge in [-0.3, -0.25) is 0 Å². The number of benzene rings is 2. The van der Waals surface area contributed by atoms with Crippen molar-refractivity contribution in [3.05, 3.63) is 42.0 Å². The van der Waals surface area contributed by atoms with Gasteiger partial charge in [-0.15, -0.1) is 0 Å². The van der Waals surface area contributed by atoms with Crippen molar-refractivity contribution in [3.63, 3.8) is 0 Å². The number of hydrogen-bond donors (Lipinski definition) is 0. The van der Waals surface area contributed by atoms with Gasteiger partial charge in [0.05, 0.1) is 19.1 Å². The molecule has 1 aliphatic rings. The van der Waals surface area contributed by atoms with Gasteiger partial charge in [-0.05, 0) is 34.9 Å². The maximum Gasteiger partial charge on any atom is 0.119 e. The zero-order valence-electron chi connectivity index (χ0n) is 9.68. The molecule has 84 valence electrons. The lowest BCUT2D eigenvalue weighted by atomic mass is 10.00. The highest BCUT2D eigenvalue weighted by Crippen LogP contribution is 2.49. The number of hydrogen-bond acceptors (Lipinski definition) is 2. The fourth-order valence-electron chi connectivity index (χ4n) is 2.41. The standard InChI is InChI=1S/C15H13NO/c1-17-12-6-5-10-3-2-4-13(15(10)8-12)14-7-11(14)9-16/h2-6,8,11,14H,7H2,1H3/t11-,14+/m0/s1. The van der Waals surface area contributed by atoms with Crippen LogP contribution in [0.4, 0.5) is 0 Å². The maximum atomic E-state index is 8.94. The Bertz CT molecular complexity index is 612. The van der Waals surface area contributed by atoms with Crippen LogP contribution in [0.3, 0.4) is 0 Å². The molecule has 1 saturated carbocycles. The zero-order chi connectivity index (χ0) is 11.8. The highest BCUT2D eigenvalue weighted by Gasteiger charge is 2.39. The average molecular weight is 223 g/mol. The molecule has 0 amide bonds. The predicted molar refractivity (Wildman–Crippen MR) is 67.0 cm³/mol. The smallest absolute Gasteiger partial charge is 0.119 e. The third-order valence-electron chi connectivity index (χ3n) is 3.48. The van der Waals surface area contributed by atoms with Crippen molar-refractivity contribution in [2.24, 2.45) is 5.92 Å². The first-order valence-electron chi connectivity index (χ1n) is 5.80. The summed E-state index contributed by atoms with van der Waals surface area (Å²) in [5.74, 6) is 1.49. The van der Waals surface area contributed by atoms with E-state index in [1.807, 2.05) is 6.07 Å². The molecule has 0 spiro atoms. The number of nitriles is 1. The molecule has 3 rings (SSSR count). The third-order valence-corrected chi connectivity index (χ3v) is 3.48. The SMILES string of the molecule is COc1ccc2cccc([C@@H]3C[C@H]3C#N)c2c1. The average Bonchev–Trinajstić information content (AvgIpc) is 3.16. The zero-order valence-corrected chi connectivity index (χ0v) is 9.68. The Morgan fingerprint density at radius 2 is 2.18 bits per heavy atom. The van der Waals surface area contributed by atoms with Gasteiger partial charge in [0.2, 0.25) is 0 Å². The van der Waals surface area contributed by atoms with Crippen LogP contribution < -0.4 is 4.74 Å². The van der Waals surface area contributed by atoms with Crippen LogP contribution in [0.2, 0.25) is 0 Å². The van der Waals surface area contributed by atoms with Crippen molar-refractivity contribution >= 4 is 10.8 Å². The molecule has 2 nitrogen and oxygen atoms in total. The molecule has 2 aromatic carbocycles. The molecule has 17 heavy (non-hydrogen) atoms. The topological polar surface area (TPSA) is 33.0 Å². The molecule has 0 unspecified atom stereocenters. The molecule has 0 N–H and O–H groups in total. The van der Waals surface area contributed by atoms with Gasteiger partial charge in [0.15, 0.2) is 0 Å². The summed E-state index contributed by atoms with van der Waals surface area (Å²) in [6, 6.07) is 14.8. The Morgan fingerprint density at radius 3 is 2.88 bits per heavy atom. The van der Waals surface area contributed by atoms with E-state index in [4.69, 9.17) is 10.00 Å². The van der Waals surface area contributed by atoms with E-state index in [2.05, 4.69) is 36.4 Å². The van der Waals surface area contributed by atoms with Crippen molar-refractivity contribution < 1.29 is 4.74 Å². The van der Waals surface area contributed by atoms with Gasteiger partial charge < -0.3 is 4.74 Å². The van der Waals surface area contributed by atoms with E-state index >= 15 is 0 Å². The largest absolute Gasteiger partial charge is 0.497 e. The monoisotopic (exact) mass is 223 g/mol. The lowest BCUT2D eigenvalue weighted by Crippen LogP contribution is -1.87. The molecule has 2 heteroatoms. The Kier molecular flexibility index (Phi) is 2.26. The van der Waals surface area contributed by atoms with Gasteiger partial charge in [0.25, 0.3) is 0 Å². The van der Waals surface area contributed by atoms with E-state index in [0.29, 0.717) is 5.92 Å². The predicted octanol–water partition coefficient (Wildman–Crippen LogP) is 3.48. The van der Waals surface area contributed by atoms with E-state index < -0.39 is 0 Å². The lowest BCUT2D eigenvalue weighted by molar-refractivity contribution is 0.415. The summed E-state index contributed by atoms with van der Waals surface area (Å²) in [6.45, 7) is 0. The maximum absolute atomic E-state index is 8.94. The summed E-state index contributed by atoms with van der Waals surface area (Å²) in [5, 5.41) is 11.4. The Labute approximate surface area is 100 Å². The minimum atomic E-state index is 0.201. The molecule has 1 aliphatic carbocycles. The molecule has 0 saturated heterocycles. The summed E-state index contributed by atoms with van der Waals surface area (Å²) in [5.41, 5.74) is 1.29. The van der Waals surface area contributed by atoms with E-state index in [9.17, 15) is 0 Å². The van der Waals surface area contributed by atoms with Crippen molar-refractivity contribution in [1.82, 2.24) is 0 Å². The molecule has 0 aliphatic heterocycles. The summed E-state index contributed by atoms with van der Waals surface area (Å²) in [7, 11) is 1.68. The number of rotatable bonds is 2. The van der Waals surface area contributed by atoms with Crippen molar-refractivity contribution in [2.75, 3.05) is 7.11 Å². The van der Waals surface area contributed by atoms with Crippen LogP contribution >= 0.6 is 0 Å². The van der Waals surface area contributed by atoms with Crippen molar-refractivity contribution in [1.29, 1.82) is 5.26 Å². The molecule has 0 heterocycles. The van der Waals surface area contributed by atoms with Crippen LogP contribution in [-0.2, 0) is 0 Å². The Morgan fingerprint density at radius 1 is 1.29 bits per heavy atom. The van der Waals surface area contributed by atoms with Crippen LogP contribution in [0.15, 0.2) is 36.4 Å². The van der Waals surface area contributed by atoms with Gasteiger partial charge in [-0.25, -0.2) is 0 Å². The van der Waals surface area contributed by atoms with Gasteiger partial charge in [0, 0.05) is 5.92 Å². The number of fused-ring (bicyclic) bond motifs is 1. The van der Waals surface area contributed by atoms with Gasteiger partial charge >= 0.3 is 0 Å². The Balaban J connectivity index is 2.15. The van der Waals surface area contributed by atoms with Crippen molar-refractivity contribution in [3.8, 4) is 11.8 Å². The first-order valence-corrected chi connectivity index (χ1v) is 5.80. The number of ether oxygens (including phenoxy) is 1. The number of nitrogens with zero attached hydrogens (tertiary/aromatic N) is 1. The van der Waals surface area contributed by atoms with E-state index in [1.165, 1.54) is 16.3 Å². The Hall–Kier alpha value is -2.01. The summed E-state index contributed by atoms with van der Waals surface area (Å²) < 4.78 is 5.27. The normalized spacial score (nSPS) is 22.1. The second-order valence-electron chi connectivity index (χ2n) is 4.51. The van der Waals surface area contributed by atoms with Gasteiger partial charge in [-0.2, -0.15) is 5.26 Å². The first kappa shape index (κ1) is 10.2. The highest BCUT2D eigenvalue weighted by molar-refractivity contribution is 5.88. The van der Waals surface area contributed by atoms with Crippen LogP contribution in [0.5, 0.6) is 5.75 Å².